The second-order valence-corrected chi connectivity index (χ2v) is 4.25. The highest BCUT2D eigenvalue weighted by molar-refractivity contribution is 5.09. The van der Waals surface area contributed by atoms with E-state index in [1.165, 1.54) is 38.3 Å². The minimum absolute atomic E-state index is 1.15. The van der Waals surface area contributed by atoms with Gasteiger partial charge in [0.2, 0.25) is 0 Å². The second-order valence-electron chi connectivity index (χ2n) is 4.25. The van der Waals surface area contributed by atoms with Gasteiger partial charge in [0.05, 0.1) is 0 Å². The van der Waals surface area contributed by atoms with E-state index in [0.29, 0.717) is 0 Å². The summed E-state index contributed by atoms with van der Waals surface area (Å²) >= 11 is 0. The summed E-state index contributed by atoms with van der Waals surface area (Å²) in [5, 5.41) is 0. The van der Waals surface area contributed by atoms with E-state index >= 15 is 0 Å². The molecule has 1 aromatic rings. The molecule has 0 N–H and O–H groups in total. The number of pyridine rings is 1. The Hall–Kier alpha value is -0.930. The van der Waals surface area contributed by atoms with Crippen LogP contribution in [0.15, 0.2) is 24.5 Å². The van der Waals surface area contributed by atoms with Crippen molar-refractivity contribution >= 4 is 0 Å². The Bertz CT molecular complexity index is 278. The van der Waals surface area contributed by atoms with Crippen molar-refractivity contribution in [2.45, 2.75) is 6.42 Å². The highest BCUT2D eigenvalue weighted by Gasteiger charge is 2.12. The quantitative estimate of drug-likeness (QED) is 0.730. The Balaban J connectivity index is 1.74. The molecule has 0 aromatic carbocycles. The van der Waals surface area contributed by atoms with Crippen LogP contribution in [-0.4, -0.2) is 54.6 Å². The molecule has 0 unspecified atom stereocenters. The van der Waals surface area contributed by atoms with Gasteiger partial charge in [0.25, 0.3) is 0 Å². The van der Waals surface area contributed by atoms with Gasteiger partial charge in [-0.1, -0.05) is 0 Å². The van der Waals surface area contributed by atoms with Crippen LogP contribution in [0, 0.1) is 0 Å². The van der Waals surface area contributed by atoms with Crippen LogP contribution in [0.5, 0.6) is 0 Å². The molecule has 0 amide bonds. The number of aromatic nitrogens is 1. The molecule has 1 saturated heterocycles. The first-order valence-electron chi connectivity index (χ1n) is 5.64. The van der Waals surface area contributed by atoms with Gasteiger partial charge in [-0.15, -0.1) is 0 Å². The van der Waals surface area contributed by atoms with Crippen LogP contribution in [0.2, 0.25) is 0 Å². The minimum atomic E-state index is 1.15. The Morgan fingerprint density at radius 2 is 1.80 bits per heavy atom. The smallest absolute Gasteiger partial charge is 0.0270 e. The predicted molar refractivity (Wildman–Crippen MR) is 61.9 cm³/mol. The van der Waals surface area contributed by atoms with E-state index in [2.05, 4.69) is 34.0 Å². The lowest BCUT2D eigenvalue weighted by molar-refractivity contribution is 0.155. The fourth-order valence-corrected chi connectivity index (χ4v) is 1.91. The molecule has 1 fully saturated rings. The molecule has 0 spiro atoms. The summed E-state index contributed by atoms with van der Waals surface area (Å²) < 4.78 is 0. The van der Waals surface area contributed by atoms with Crippen LogP contribution in [-0.2, 0) is 6.42 Å². The summed E-state index contributed by atoms with van der Waals surface area (Å²) in [5.74, 6) is 0. The van der Waals surface area contributed by atoms with Crippen LogP contribution in [0.4, 0.5) is 0 Å². The Labute approximate surface area is 91.7 Å². The summed E-state index contributed by atoms with van der Waals surface area (Å²) in [5.41, 5.74) is 1.39. The molecule has 1 aliphatic heterocycles. The standard InChI is InChI=1S/C12H19N3/c1-14-8-10-15(11-9-14)7-4-12-2-5-13-6-3-12/h2-3,5-6H,4,7-11H2,1H3. The number of hydrogen-bond donors (Lipinski definition) is 0. The lowest BCUT2D eigenvalue weighted by Crippen LogP contribution is -2.45. The maximum Gasteiger partial charge on any atom is 0.0270 e. The third-order valence-corrected chi connectivity index (χ3v) is 3.06. The topological polar surface area (TPSA) is 19.4 Å². The van der Waals surface area contributed by atoms with Gasteiger partial charge in [-0.05, 0) is 31.2 Å². The zero-order chi connectivity index (χ0) is 10.5. The minimum Gasteiger partial charge on any atom is -0.304 e. The van der Waals surface area contributed by atoms with Crippen molar-refractivity contribution in [3.63, 3.8) is 0 Å². The van der Waals surface area contributed by atoms with Crippen LogP contribution < -0.4 is 0 Å². The van der Waals surface area contributed by atoms with Crippen LogP contribution in [0.3, 0.4) is 0 Å². The monoisotopic (exact) mass is 205 g/mol. The number of nitrogens with zero attached hydrogens (tertiary/aromatic N) is 3. The van der Waals surface area contributed by atoms with Crippen molar-refractivity contribution in [2.24, 2.45) is 0 Å². The number of likely N-dealkylation sites (N-methyl/N-ethyl adjacent to an activating group) is 1. The van der Waals surface area contributed by atoms with Crippen LogP contribution >= 0.6 is 0 Å². The van der Waals surface area contributed by atoms with Gasteiger partial charge in [0, 0.05) is 45.1 Å². The SMILES string of the molecule is CN1CCN(CCc2ccncc2)CC1. The predicted octanol–water partition coefficient (Wildman–Crippen LogP) is 0.871. The van der Waals surface area contributed by atoms with E-state index in [-0.39, 0.29) is 0 Å². The molecule has 0 bridgehead atoms. The van der Waals surface area contributed by atoms with Crippen molar-refractivity contribution in [1.82, 2.24) is 14.8 Å². The summed E-state index contributed by atoms with van der Waals surface area (Å²) in [6.45, 7) is 6.01. The highest BCUT2D eigenvalue weighted by Crippen LogP contribution is 2.03. The third kappa shape index (κ3) is 3.29. The molecular weight excluding hydrogens is 186 g/mol. The van der Waals surface area contributed by atoms with E-state index in [1.54, 1.807) is 0 Å². The molecule has 0 saturated carbocycles. The van der Waals surface area contributed by atoms with Crippen LogP contribution in [0.1, 0.15) is 5.56 Å². The Morgan fingerprint density at radius 1 is 1.13 bits per heavy atom. The average molecular weight is 205 g/mol. The number of hydrogen-bond acceptors (Lipinski definition) is 3. The molecule has 15 heavy (non-hydrogen) atoms. The van der Waals surface area contributed by atoms with E-state index in [4.69, 9.17) is 0 Å². The number of piperazine rings is 1. The average Bonchev–Trinajstić information content (AvgIpc) is 2.30. The van der Waals surface area contributed by atoms with Crippen molar-refractivity contribution in [2.75, 3.05) is 39.8 Å². The first kappa shape index (κ1) is 10.6. The van der Waals surface area contributed by atoms with Gasteiger partial charge in [-0.3, -0.25) is 4.98 Å². The van der Waals surface area contributed by atoms with E-state index in [1.807, 2.05) is 12.4 Å². The van der Waals surface area contributed by atoms with Gasteiger partial charge in [-0.2, -0.15) is 0 Å². The van der Waals surface area contributed by atoms with Gasteiger partial charge in [0.15, 0.2) is 0 Å². The zero-order valence-electron chi connectivity index (χ0n) is 9.39. The molecule has 1 aliphatic rings. The lowest BCUT2D eigenvalue weighted by Gasteiger charge is -2.32. The first-order valence-corrected chi connectivity index (χ1v) is 5.64. The molecule has 2 heterocycles. The first-order chi connectivity index (χ1) is 7.34. The molecular formula is C12H19N3. The van der Waals surface area contributed by atoms with Gasteiger partial charge in [-0.25, -0.2) is 0 Å². The van der Waals surface area contributed by atoms with Gasteiger partial charge >= 0.3 is 0 Å². The summed E-state index contributed by atoms with van der Waals surface area (Å²) in [7, 11) is 2.19. The Kier molecular flexibility index (Phi) is 3.69. The normalized spacial score (nSPS) is 19.3. The molecule has 1 aromatic heterocycles. The molecule has 0 aliphatic carbocycles. The largest absolute Gasteiger partial charge is 0.304 e. The summed E-state index contributed by atoms with van der Waals surface area (Å²) in [4.78, 5) is 8.96. The second kappa shape index (κ2) is 5.24. The molecule has 2 rings (SSSR count). The maximum absolute atomic E-state index is 4.03. The van der Waals surface area contributed by atoms with Crippen LogP contribution in [0.25, 0.3) is 0 Å². The van der Waals surface area contributed by atoms with E-state index < -0.39 is 0 Å². The van der Waals surface area contributed by atoms with E-state index in [0.717, 1.165) is 6.42 Å². The maximum atomic E-state index is 4.03. The fraction of sp³-hybridized carbons (Fsp3) is 0.583. The highest BCUT2D eigenvalue weighted by atomic mass is 15.2. The molecule has 3 nitrogen and oxygen atoms in total. The molecule has 0 radical (unpaired) electrons. The molecule has 0 atom stereocenters. The third-order valence-electron chi connectivity index (χ3n) is 3.06. The summed E-state index contributed by atoms with van der Waals surface area (Å²) in [6.07, 6.45) is 4.89. The molecule has 3 heteroatoms. The van der Waals surface area contributed by atoms with E-state index in [9.17, 15) is 0 Å². The van der Waals surface area contributed by atoms with Gasteiger partial charge < -0.3 is 9.80 Å². The van der Waals surface area contributed by atoms with Crippen molar-refractivity contribution in [3.05, 3.63) is 30.1 Å². The zero-order valence-corrected chi connectivity index (χ0v) is 9.39. The van der Waals surface area contributed by atoms with Crippen molar-refractivity contribution in [3.8, 4) is 0 Å². The summed E-state index contributed by atoms with van der Waals surface area (Å²) in [6, 6.07) is 4.21. The van der Waals surface area contributed by atoms with Crippen molar-refractivity contribution < 1.29 is 0 Å². The Morgan fingerprint density at radius 3 is 2.47 bits per heavy atom. The fourth-order valence-electron chi connectivity index (χ4n) is 1.91. The molecule has 82 valence electrons. The van der Waals surface area contributed by atoms with Gasteiger partial charge in [0.1, 0.15) is 0 Å². The van der Waals surface area contributed by atoms with Crippen molar-refractivity contribution in [1.29, 1.82) is 0 Å². The number of rotatable bonds is 3. The lowest BCUT2D eigenvalue weighted by atomic mass is 10.2.